The average Bonchev–Trinajstić information content (AvgIpc) is 2.96. The predicted molar refractivity (Wildman–Crippen MR) is 98.3 cm³/mol. The zero-order chi connectivity index (χ0) is 17.9. The molecule has 7 nitrogen and oxygen atoms in total. The first-order valence-corrected chi connectivity index (χ1v) is 9.20. The second kappa shape index (κ2) is 8.75. The molecule has 0 aliphatic heterocycles. The largest absolute Gasteiger partial charge is 0.338 e. The number of halogens is 1. The quantitative estimate of drug-likeness (QED) is 0.781. The minimum Gasteiger partial charge on any atom is -0.338 e. The molecule has 0 saturated carbocycles. The van der Waals surface area contributed by atoms with Gasteiger partial charge < -0.3 is 9.84 Å². The maximum Gasteiger partial charge on any atom is 0.243 e. The van der Waals surface area contributed by atoms with Gasteiger partial charge in [-0.05, 0) is 51.1 Å². The SMILES string of the molecule is CNC(C)Cc1noc(CN(C)S(=O)(=O)c2ccc(C)c(C)c2)n1.Cl. The van der Waals surface area contributed by atoms with E-state index in [0.717, 1.165) is 11.1 Å². The van der Waals surface area contributed by atoms with Gasteiger partial charge in [-0.15, -0.1) is 12.4 Å². The summed E-state index contributed by atoms with van der Waals surface area (Å²) >= 11 is 0. The Morgan fingerprint density at radius 1 is 1.28 bits per heavy atom. The van der Waals surface area contributed by atoms with Crippen LogP contribution in [0.25, 0.3) is 0 Å². The minimum atomic E-state index is -3.60. The maximum absolute atomic E-state index is 12.7. The average molecular weight is 389 g/mol. The topological polar surface area (TPSA) is 88.3 Å². The molecular formula is C16H25ClN4O3S. The first kappa shape index (κ1) is 21.6. The molecule has 0 amide bonds. The fourth-order valence-corrected chi connectivity index (χ4v) is 3.35. The second-order valence-electron chi connectivity index (χ2n) is 6.01. The molecule has 0 aliphatic rings. The van der Waals surface area contributed by atoms with Crippen molar-refractivity contribution >= 4 is 22.4 Å². The number of nitrogens with zero attached hydrogens (tertiary/aromatic N) is 3. The van der Waals surface area contributed by atoms with Gasteiger partial charge in [-0.3, -0.25) is 0 Å². The zero-order valence-electron chi connectivity index (χ0n) is 15.1. The lowest BCUT2D eigenvalue weighted by Gasteiger charge is -2.16. The molecule has 1 N–H and O–H groups in total. The molecule has 1 aromatic heterocycles. The van der Waals surface area contributed by atoms with Crippen LogP contribution in [0.1, 0.15) is 29.8 Å². The summed E-state index contributed by atoms with van der Waals surface area (Å²) in [6.07, 6.45) is 0.619. The van der Waals surface area contributed by atoms with Crippen molar-refractivity contribution in [1.82, 2.24) is 19.8 Å². The summed E-state index contributed by atoms with van der Waals surface area (Å²) in [5.74, 6) is 0.840. The first-order chi connectivity index (χ1) is 11.2. The normalized spacial score (nSPS) is 12.9. The van der Waals surface area contributed by atoms with Gasteiger partial charge in [0.1, 0.15) is 0 Å². The van der Waals surface area contributed by atoms with E-state index in [1.807, 2.05) is 27.8 Å². The van der Waals surface area contributed by atoms with Crippen LogP contribution in [0.3, 0.4) is 0 Å². The lowest BCUT2D eigenvalue weighted by Crippen LogP contribution is -2.27. The molecule has 0 bridgehead atoms. The van der Waals surface area contributed by atoms with Crippen molar-refractivity contribution in [3.63, 3.8) is 0 Å². The Labute approximate surface area is 155 Å². The van der Waals surface area contributed by atoms with Crippen molar-refractivity contribution in [2.75, 3.05) is 14.1 Å². The van der Waals surface area contributed by atoms with Gasteiger partial charge >= 0.3 is 0 Å². The monoisotopic (exact) mass is 388 g/mol. The fourth-order valence-electron chi connectivity index (χ4n) is 2.14. The summed E-state index contributed by atoms with van der Waals surface area (Å²) in [5.41, 5.74) is 1.99. The highest BCUT2D eigenvalue weighted by Crippen LogP contribution is 2.19. The van der Waals surface area contributed by atoms with Crippen LogP contribution in [-0.2, 0) is 23.0 Å². The zero-order valence-corrected chi connectivity index (χ0v) is 16.7. The molecule has 0 aliphatic carbocycles. The lowest BCUT2D eigenvalue weighted by atomic mass is 10.1. The van der Waals surface area contributed by atoms with Gasteiger partial charge in [0.25, 0.3) is 0 Å². The second-order valence-corrected chi connectivity index (χ2v) is 8.05. The Morgan fingerprint density at radius 3 is 2.56 bits per heavy atom. The van der Waals surface area contributed by atoms with Gasteiger partial charge in [0.15, 0.2) is 5.82 Å². The summed E-state index contributed by atoms with van der Waals surface area (Å²) in [4.78, 5) is 4.51. The number of hydrogen-bond acceptors (Lipinski definition) is 6. The van der Waals surface area contributed by atoms with Gasteiger partial charge in [-0.25, -0.2) is 8.42 Å². The molecule has 2 rings (SSSR count). The van der Waals surface area contributed by atoms with Crippen LogP contribution < -0.4 is 5.32 Å². The van der Waals surface area contributed by atoms with Crippen LogP contribution in [0.5, 0.6) is 0 Å². The third kappa shape index (κ3) is 5.24. The van der Waals surface area contributed by atoms with Crippen molar-refractivity contribution in [2.24, 2.45) is 0 Å². The molecule has 1 unspecified atom stereocenters. The highest BCUT2D eigenvalue weighted by molar-refractivity contribution is 7.89. The molecular weight excluding hydrogens is 364 g/mol. The molecule has 9 heteroatoms. The van der Waals surface area contributed by atoms with E-state index in [2.05, 4.69) is 15.5 Å². The number of sulfonamides is 1. The van der Waals surface area contributed by atoms with Crippen molar-refractivity contribution in [3.05, 3.63) is 41.0 Å². The van der Waals surface area contributed by atoms with E-state index >= 15 is 0 Å². The van der Waals surface area contributed by atoms with Crippen LogP contribution in [0.2, 0.25) is 0 Å². The van der Waals surface area contributed by atoms with Gasteiger partial charge in [-0.1, -0.05) is 11.2 Å². The number of aromatic nitrogens is 2. The Kier molecular flexibility index (Phi) is 7.55. The van der Waals surface area contributed by atoms with Gasteiger partial charge in [0.05, 0.1) is 11.4 Å². The van der Waals surface area contributed by atoms with E-state index in [1.165, 1.54) is 11.4 Å². The molecule has 0 spiro atoms. The Bertz CT molecular complexity index is 807. The smallest absolute Gasteiger partial charge is 0.243 e. The molecule has 140 valence electrons. The third-order valence-corrected chi connectivity index (χ3v) is 5.84. The van der Waals surface area contributed by atoms with Gasteiger partial charge in [-0.2, -0.15) is 9.29 Å². The lowest BCUT2D eigenvalue weighted by molar-refractivity contribution is 0.333. The molecule has 0 radical (unpaired) electrons. The molecule has 2 aromatic rings. The van der Waals surface area contributed by atoms with Crippen molar-refractivity contribution in [1.29, 1.82) is 0 Å². The highest BCUT2D eigenvalue weighted by atomic mass is 35.5. The van der Waals surface area contributed by atoms with Gasteiger partial charge in [0.2, 0.25) is 15.9 Å². The summed E-state index contributed by atoms with van der Waals surface area (Å²) < 4.78 is 31.7. The number of benzene rings is 1. The number of aryl methyl sites for hydroxylation is 2. The van der Waals surface area contributed by atoms with E-state index in [1.54, 1.807) is 18.2 Å². The van der Waals surface area contributed by atoms with E-state index < -0.39 is 10.0 Å². The molecule has 1 atom stereocenters. The molecule has 0 saturated heterocycles. The van der Waals surface area contributed by atoms with Crippen LogP contribution >= 0.6 is 12.4 Å². The van der Waals surface area contributed by atoms with E-state index in [0.29, 0.717) is 12.2 Å². The fraction of sp³-hybridized carbons (Fsp3) is 0.500. The summed E-state index contributed by atoms with van der Waals surface area (Å²) in [6, 6.07) is 5.31. The number of likely N-dealkylation sites (N-methyl/N-ethyl adjacent to an activating group) is 1. The van der Waals surface area contributed by atoms with Gasteiger partial charge in [0, 0.05) is 19.5 Å². The molecule has 25 heavy (non-hydrogen) atoms. The van der Waals surface area contributed by atoms with E-state index in [-0.39, 0.29) is 35.8 Å². The van der Waals surface area contributed by atoms with Crippen LogP contribution in [0, 0.1) is 13.8 Å². The predicted octanol–water partition coefficient (Wildman–Crippen LogP) is 2.08. The minimum absolute atomic E-state index is 0. The van der Waals surface area contributed by atoms with Crippen LogP contribution in [0.15, 0.2) is 27.6 Å². The van der Waals surface area contributed by atoms with Crippen LogP contribution in [0.4, 0.5) is 0 Å². The Morgan fingerprint density at radius 2 is 1.96 bits per heavy atom. The number of rotatable bonds is 7. The molecule has 0 fully saturated rings. The molecule has 1 heterocycles. The summed E-state index contributed by atoms with van der Waals surface area (Å²) in [6.45, 7) is 5.88. The maximum atomic E-state index is 12.7. The van der Waals surface area contributed by atoms with Crippen molar-refractivity contribution in [2.45, 2.75) is 44.7 Å². The molecule has 1 aromatic carbocycles. The Balaban J connectivity index is 0.00000312. The first-order valence-electron chi connectivity index (χ1n) is 7.76. The van der Waals surface area contributed by atoms with E-state index in [9.17, 15) is 8.42 Å². The Hall–Kier alpha value is -1.48. The van der Waals surface area contributed by atoms with E-state index in [4.69, 9.17) is 4.52 Å². The summed E-state index contributed by atoms with van der Waals surface area (Å²) in [5, 5.41) is 6.98. The van der Waals surface area contributed by atoms with Crippen LogP contribution in [-0.4, -0.2) is 43.0 Å². The standard InChI is InChI=1S/C16H24N4O3S.ClH/c1-11-6-7-14(8-12(11)2)24(21,22)20(5)10-16-18-15(19-23-16)9-13(3)17-4;/h6-8,13,17H,9-10H2,1-5H3;1H. The van der Waals surface area contributed by atoms with Crippen molar-refractivity contribution < 1.29 is 12.9 Å². The third-order valence-electron chi connectivity index (χ3n) is 4.04. The number of nitrogens with one attached hydrogen (secondary N) is 1. The van der Waals surface area contributed by atoms with Crippen molar-refractivity contribution in [3.8, 4) is 0 Å². The summed E-state index contributed by atoms with van der Waals surface area (Å²) in [7, 11) is -0.240. The highest BCUT2D eigenvalue weighted by Gasteiger charge is 2.23. The number of hydrogen-bond donors (Lipinski definition) is 1.